The van der Waals surface area contributed by atoms with E-state index in [1.807, 2.05) is 61.5 Å². The van der Waals surface area contributed by atoms with Gasteiger partial charge < -0.3 is 9.47 Å². The Hall–Kier alpha value is -3.22. The Morgan fingerprint density at radius 3 is 2.46 bits per heavy atom. The summed E-state index contributed by atoms with van der Waals surface area (Å²) in [4.78, 5) is 27.0. The number of amides is 2. The predicted octanol–water partition coefficient (Wildman–Crippen LogP) is 6.91. The molecule has 180 valence electrons. The van der Waals surface area contributed by atoms with Gasteiger partial charge in [0.05, 0.1) is 17.0 Å². The fraction of sp³-hybridized carbons (Fsp3) is 0.214. The molecule has 0 N–H and O–H groups in total. The number of hydrogen-bond donors (Lipinski definition) is 0. The third kappa shape index (κ3) is 6.27. The summed E-state index contributed by atoms with van der Waals surface area (Å²) in [6.07, 6.45) is 3.18. The van der Waals surface area contributed by atoms with Crippen LogP contribution in [-0.4, -0.2) is 29.7 Å². The summed E-state index contributed by atoms with van der Waals surface area (Å²) >= 11 is 7.45. The van der Waals surface area contributed by atoms with Crippen LogP contribution in [0.3, 0.4) is 0 Å². The molecule has 0 aromatic heterocycles. The summed E-state index contributed by atoms with van der Waals surface area (Å²) in [7, 11) is 1.54. The molecule has 0 bridgehead atoms. The van der Waals surface area contributed by atoms with Gasteiger partial charge in [0, 0.05) is 6.54 Å². The molecule has 0 spiro atoms. The van der Waals surface area contributed by atoms with E-state index < -0.39 is 0 Å². The number of ether oxygens (including phenoxy) is 2. The molecule has 2 amide bonds. The van der Waals surface area contributed by atoms with Crippen LogP contribution in [0.5, 0.6) is 11.5 Å². The largest absolute Gasteiger partial charge is 0.493 e. The number of carbonyl (C=O) groups excluding carboxylic acids is 2. The zero-order valence-electron chi connectivity index (χ0n) is 19.6. The lowest BCUT2D eigenvalue weighted by Gasteiger charge is -2.14. The van der Waals surface area contributed by atoms with E-state index in [0.29, 0.717) is 46.6 Å². The number of imide groups is 1. The second-order valence-corrected chi connectivity index (χ2v) is 9.63. The Labute approximate surface area is 214 Å². The molecule has 3 aromatic rings. The molecule has 3 aromatic carbocycles. The molecule has 0 atom stereocenters. The van der Waals surface area contributed by atoms with Crippen LogP contribution in [0, 0.1) is 6.92 Å². The van der Waals surface area contributed by atoms with Crippen LogP contribution in [0.2, 0.25) is 5.02 Å². The van der Waals surface area contributed by atoms with Gasteiger partial charge in [-0.15, -0.1) is 0 Å². The summed E-state index contributed by atoms with van der Waals surface area (Å²) in [6, 6.07) is 21.5. The molecule has 5 nitrogen and oxygen atoms in total. The van der Waals surface area contributed by atoms with Crippen molar-refractivity contribution in [2.45, 2.75) is 26.4 Å². The van der Waals surface area contributed by atoms with Crippen molar-refractivity contribution in [1.82, 2.24) is 4.90 Å². The van der Waals surface area contributed by atoms with Gasteiger partial charge in [0.1, 0.15) is 6.61 Å². The van der Waals surface area contributed by atoms with Crippen molar-refractivity contribution in [2.24, 2.45) is 0 Å². The molecule has 0 radical (unpaired) electrons. The average Bonchev–Trinajstić information content (AvgIpc) is 3.12. The van der Waals surface area contributed by atoms with Gasteiger partial charge in [-0.2, -0.15) is 0 Å². The molecule has 1 aliphatic heterocycles. The highest BCUT2D eigenvalue weighted by Crippen LogP contribution is 2.39. The highest BCUT2D eigenvalue weighted by molar-refractivity contribution is 8.18. The zero-order chi connectivity index (χ0) is 24.8. The quantitative estimate of drug-likeness (QED) is 0.295. The van der Waals surface area contributed by atoms with Crippen molar-refractivity contribution < 1.29 is 19.1 Å². The van der Waals surface area contributed by atoms with E-state index in [1.165, 1.54) is 23.1 Å². The SMILES string of the molecule is COc1cc(/C=C2/SC(=O)N(CCCc3ccccc3)C2=O)cc(Cl)c1OCc1ccc(C)cc1. The van der Waals surface area contributed by atoms with Gasteiger partial charge in [0.25, 0.3) is 11.1 Å². The molecule has 1 fully saturated rings. The number of nitrogens with zero attached hydrogens (tertiary/aromatic N) is 1. The second-order valence-electron chi connectivity index (χ2n) is 8.23. The van der Waals surface area contributed by atoms with Crippen LogP contribution in [0.25, 0.3) is 6.08 Å². The van der Waals surface area contributed by atoms with Crippen LogP contribution < -0.4 is 9.47 Å². The minimum absolute atomic E-state index is 0.259. The standard InChI is InChI=1S/C28H26ClNO4S/c1-19-10-12-21(13-11-19)18-34-26-23(29)15-22(16-24(26)33-2)17-25-27(31)30(28(32)35-25)14-6-9-20-7-4-3-5-8-20/h3-5,7-8,10-13,15-17H,6,9,14,18H2,1-2H3/b25-17+. The Morgan fingerprint density at radius 2 is 1.74 bits per heavy atom. The smallest absolute Gasteiger partial charge is 0.293 e. The molecular weight excluding hydrogens is 482 g/mol. The minimum Gasteiger partial charge on any atom is -0.493 e. The van der Waals surface area contributed by atoms with Crippen molar-refractivity contribution in [3.8, 4) is 11.5 Å². The third-order valence-electron chi connectivity index (χ3n) is 5.62. The van der Waals surface area contributed by atoms with E-state index in [4.69, 9.17) is 21.1 Å². The molecule has 1 aliphatic rings. The maximum absolute atomic E-state index is 12.9. The van der Waals surface area contributed by atoms with E-state index in [0.717, 1.165) is 23.7 Å². The highest BCUT2D eigenvalue weighted by atomic mass is 35.5. The lowest BCUT2D eigenvalue weighted by atomic mass is 10.1. The molecule has 4 rings (SSSR count). The fourth-order valence-corrected chi connectivity index (χ4v) is 4.87. The lowest BCUT2D eigenvalue weighted by molar-refractivity contribution is -0.122. The first-order chi connectivity index (χ1) is 16.9. The third-order valence-corrected chi connectivity index (χ3v) is 6.81. The molecule has 7 heteroatoms. The Kier molecular flexibility index (Phi) is 8.16. The molecule has 0 saturated carbocycles. The number of hydrogen-bond acceptors (Lipinski definition) is 5. The Bertz CT molecular complexity index is 1240. The number of carbonyl (C=O) groups is 2. The summed E-state index contributed by atoms with van der Waals surface area (Å²) in [5, 5.41) is 0.107. The van der Waals surface area contributed by atoms with Crippen molar-refractivity contribution >= 4 is 40.6 Å². The van der Waals surface area contributed by atoms with Crippen molar-refractivity contribution in [3.05, 3.63) is 98.9 Å². The maximum Gasteiger partial charge on any atom is 0.293 e. The van der Waals surface area contributed by atoms with Crippen LogP contribution in [0.1, 0.15) is 28.7 Å². The van der Waals surface area contributed by atoms with Gasteiger partial charge >= 0.3 is 0 Å². The first-order valence-corrected chi connectivity index (χ1v) is 12.5. The van der Waals surface area contributed by atoms with Gasteiger partial charge in [0.2, 0.25) is 0 Å². The summed E-state index contributed by atoms with van der Waals surface area (Å²) in [5.74, 6) is 0.599. The lowest BCUT2D eigenvalue weighted by Crippen LogP contribution is -2.29. The summed E-state index contributed by atoms with van der Waals surface area (Å²) in [5.41, 5.74) is 4.03. The maximum atomic E-state index is 12.9. The highest BCUT2D eigenvalue weighted by Gasteiger charge is 2.34. The van der Waals surface area contributed by atoms with Crippen molar-refractivity contribution in [2.75, 3.05) is 13.7 Å². The number of rotatable bonds is 9. The van der Waals surface area contributed by atoms with Gasteiger partial charge in [-0.05, 0) is 66.4 Å². The van der Waals surface area contributed by atoms with E-state index in [9.17, 15) is 9.59 Å². The number of aryl methyl sites for hydroxylation is 2. The zero-order valence-corrected chi connectivity index (χ0v) is 21.2. The normalized spacial score (nSPS) is 14.6. The summed E-state index contributed by atoms with van der Waals surface area (Å²) in [6.45, 7) is 2.76. The molecule has 0 aliphatic carbocycles. The first kappa shape index (κ1) is 24.9. The topological polar surface area (TPSA) is 55.8 Å². The van der Waals surface area contributed by atoms with Crippen molar-refractivity contribution in [3.63, 3.8) is 0 Å². The van der Waals surface area contributed by atoms with E-state index in [2.05, 4.69) is 0 Å². The van der Waals surface area contributed by atoms with Crippen molar-refractivity contribution in [1.29, 1.82) is 0 Å². The fourth-order valence-electron chi connectivity index (χ4n) is 3.73. The second kappa shape index (κ2) is 11.5. The number of thioether (sulfide) groups is 1. The average molecular weight is 508 g/mol. The van der Waals surface area contributed by atoms with Crippen LogP contribution in [0.15, 0.2) is 71.6 Å². The number of halogens is 1. The van der Waals surface area contributed by atoms with Gasteiger partial charge in [0.15, 0.2) is 11.5 Å². The Balaban J connectivity index is 1.44. The molecule has 0 unspecified atom stereocenters. The van der Waals surface area contributed by atoms with Crippen LogP contribution >= 0.6 is 23.4 Å². The first-order valence-electron chi connectivity index (χ1n) is 11.3. The van der Waals surface area contributed by atoms with E-state index in [-0.39, 0.29) is 11.1 Å². The Morgan fingerprint density at radius 1 is 1.00 bits per heavy atom. The van der Waals surface area contributed by atoms with Gasteiger partial charge in [-0.25, -0.2) is 0 Å². The van der Waals surface area contributed by atoms with Gasteiger partial charge in [-0.1, -0.05) is 71.8 Å². The molecule has 1 saturated heterocycles. The van der Waals surface area contributed by atoms with Crippen LogP contribution in [0.4, 0.5) is 4.79 Å². The van der Waals surface area contributed by atoms with Crippen LogP contribution in [-0.2, 0) is 17.8 Å². The molecule has 35 heavy (non-hydrogen) atoms. The van der Waals surface area contributed by atoms with E-state index in [1.54, 1.807) is 18.2 Å². The number of methoxy groups -OCH3 is 1. The molecule has 1 heterocycles. The number of benzene rings is 3. The predicted molar refractivity (Wildman–Crippen MR) is 141 cm³/mol. The summed E-state index contributed by atoms with van der Waals surface area (Å²) < 4.78 is 11.4. The monoisotopic (exact) mass is 507 g/mol. The van der Waals surface area contributed by atoms with Gasteiger partial charge in [-0.3, -0.25) is 14.5 Å². The van der Waals surface area contributed by atoms with E-state index >= 15 is 0 Å². The molecular formula is C28H26ClNO4S. The minimum atomic E-state index is -0.289.